The average Bonchev–Trinajstić information content (AvgIpc) is 2.38. The number of hydrogen-bond acceptors (Lipinski definition) is 4. The zero-order valence-electron chi connectivity index (χ0n) is 12.0. The molecule has 0 atom stereocenters. The second kappa shape index (κ2) is 8.40. The topological polar surface area (TPSA) is 39.7 Å². The van der Waals surface area contributed by atoms with Gasteiger partial charge in [-0.1, -0.05) is 13.8 Å². The first-order chi connectivity index (χ1) is 9.08. The zero-order valence-corrected chi connectivity index (χ0v) is 13.5. The maximum atomic E-state index is 5.66. The molecule has 0 saturated carbocycles. The van der Waals surface area contributed by atoms with E-state index in [1.165, 1.54) is 0 Å². The van der Waals surface area contributed by atoms with Crippen LogP contribution in [0.25, 0.3) is 0 Å². The summed E-state index contributed by atoms with van der Waals surface area (Å²) in [5, 5.41) is 3.37. The number of methoxy groups -OCH3 is 2. The van der Waals surface area contributed by atoms with E-state index in [4.69, 9.17) is 14.2 Å². The molecule has 0 unspecified atom stereocenters. The fraction of sp³-hybridized carbons (Fsp3) is 0.571. The third-order valence-electron chi connectivity index (χ3n) is 2.54. The molecule has 0 radical (unpaired) electrons. The van der Waals surface area contributed by atoms with Gasteiger partial charge in [0, 0.05) is 19.7 Å². The maximum absolute atomic E-state index is 5.66. The third-order valence-corrected chi connectivity index (χ3v) is 3.13. The molecular formula is C14H22BrNO3. The van der Waals surface area contributed by atoms with Gasteiger partial charge in [0.05, 0.1) is 18.2 Å². The van der Waals surface area contributed by atoms with Crippen molar-refractivity contribution in [2.24, 2.45) is 0 Å². The summed E-state index contributed by atoms with van der Waals surface area (Å²) in [7, 11) is 3.29. The van der Waals surface area contributed by atoms with Crippen molar-refractivity contribution in [1.29, 1.82) is 0 Å². The van der Waals surface area contributed by atoms with Crippen LogP contribution in [0.1, 0.15) is 19.4 Å². The first kappa shape index (κ1) is 16.3. The molecule has 1 rings (SSSR count). The van der Waals surface area contributed by atoms with Crippen molar-refractivity contribution in [1.82, 2.24) is 5.32 Å². The Morgan fingerprint density at radius 1 is 1.21 bits per heavy atom. The second-order valence-electron chi connectivity index (χ2n) is 4.49. The molecule has 1 aromatic carbocycles. The van der Waals surface area contributed by atoms with Gasteiger partial charge in [-0.2, -0.15) is 0 Å². The maximum Gasteiger partial charge on any atom is 0.175 e. The minimum Gasteiger partial charge on any atom is -0.493 e. The van der Waals surface area contributed by atoms with Crippen molar-refractivity contribution < 1.29 is 14.2 Å². The lowest BCUT2D eigenvalue weighted by Gasteiger charge is -2.15. The first-order valence-electron chi connectivity index (χ1n) is 6.30. The molecule has 19 heavy (non-hydrogen) atoms. The Balaban J connectivity index is 2.81. The molecule has 1 aromatic rings. The van der Waals surface area contributed by atoms with Gasteiger partial charge >= 0.3 is 0 Å². The first-order valence-corrected chi connectivity index (χ1v) is 7.09. The highest BCUT2D eigenvalue weighted by Crippen LogP contribution is 2.36. The van der Waals surface area contributed by atoms with Crippen LogP contribution >= 0.6 is 15.9 Å². The van der Waals surface area contributed by atoms with Crippen LogP contribution in [0.3, 0.4) is 0 Å². The number of benzene rings is 1. The Bertz CT molecular complexity index is 397. The second-order valence-corrected chi connectivity index (χ2v) is 5.34. The molecule has 0 saturated heterocycles. The van der Waals surface area contributed by atoms with E-state index in [1.54, 1.807) is 14.2 Å². The standard InChI is InChI=1S/C14H22BrNO3/c1-10(2)16-9-11-7-12(15)14(13(8-11)18-4)19-6-5-17-3/h7-8,10,16H,5-6,9H2,1-4H3. The van der Waals surface area contributed by atoms with Crippen LogP contribution in [0.4, 0.5) is 0 Å². The highest BCUT2D eigenvalue weighted by Gasteiger charge is 2.11. The van der Waals surface area contributed by atoms with Crippen LogP contribution in [-0.4, -0.2) is 33.5 Å². The Hall–Kier alpha value is -0.780. The molecule has 0 heterocycles. The lowest BCUT2D eigenvalue weighted by atomic mass is 10.2. The van der Waals surface area contributed by atoms with E-state index in [-0.39, 0.29) is 0 Å². The molecule has 0 amide bonds. The van der Waals surface area contributed by atoms with Crippen molar-refractivity contribution >= 4 is 15.9 Å². The van der Waals surface area contributed by atoms with E-state index < -0.39 is 0 Å². The summed E-state index contributed by atoms with van der Waals surface area (Å²) in [6.45, 7) is 6.08. The molecule has 0 bridgehead atoms. The molecule has 4 nitrogen and oxygen atoms in total. The largest absolute Gasteiger partial charge is 0.493 e. The SMILES string of the molecule is COCCOc1c(Br)cc(CNC(C)C)cc1OC. The van der Waals surface area contributed by atoms with Crippen molar-refractivity contribution in [3.05, 3.63) is 22.2 Å². The normalized spacial score (nSPS) is 10.8. The van der Waals surface area contributed by atoms with Gasteiger partial charge in [-0.3, -0.25) is 0 Å². The summed E-state index contributed by atoms with van der Waals surface area (Å²) >= 11 is 3.52. The van der Waals surface area contributed by atoms with Gasteiger partial charge in [-0.05, 0) is 33.6 Å². The van der Waals surface area contributed by atoms with Gasteiger partial charge in [-0.25, -0.2) is 0 Å². The summed E-state index contributed by atoms with van der Waals surface area (Å²) in [5.41, 5.74) is 1.15. The lowest BCUT2D eigenvalue weighted by Crippen LogP contribution is -2.21. The van der Waals surface area contributed by atoms with Gasteiger partial charge in [0.2, 0.25) is 0 Å². The summed E-state index contributed by atoms with van der Waals surface area (Å²) in [6.07, 6.45) is 0. The monoisotopic (exact) mass is 331 g/mol. The van der Waals surface area contributed by atoms with Crippen LogP contribution in [-0.2, 0) is 11.3 Å². The molecule has 0 aromatic heterocycles. The number of rotatable bonds is 8. The van der Waals surface area contributed by atoms with Crippen LogP contribution in [0.5, 0.6) is 11.5 Å². The van der Waals surface area contributed by atoms with Gasteiger partial charge in [0.1, 0.15) is 6.61 Å². The minimum absolute atomic E-state index is 0.447. The van der Waals surface area contributed by atoms with Crippen LogP contribution < -0.4 is 14.8 Å². The van der Waals surface area contributed by atoms with E-state index in [0.717, 1.165) is 22.3 Å². The summed E-state index contributed by atoms with van der Waals surface area (Å²) < 4.78 is 16.9. The molecule has 0 aliphatic heterocycles. The zero-order chi connectivity index (χ0) is 14.3. The molecule has 0 aliphatic carbocycles. The lowest BCUT2D eigenvalue weighted by molar-refractivity contribution is 0.143. The predicted octanol–water partition coefficient (Wildman–Crippen LogP) is 2.98. The van der Waals surface area contributed by atoms with Crippen molar-refractivity contribution in [3.63, 3.8) is 0 Å². The Labute approximate surface area is 123 Å². The predicted molar refractivity (Wildman–Crippen MR) is 80.0 cm³/mol. The van der Waals surface area contributed by atoms with Crippen LogP contribution in [0.15, 0.2) is 16.6 Å². The van der Waals surface area contributed by atoms with E-state index in [0.29, 0.717) is 25.0 Å². The van der Waals surface area contributed by atoms with Gasteiger partial charge < -0.3 is 19.5 Å². The molecule has 5 heteroatoms. The van der Waals surface area contributed by atoms with E-state index in [1.807, 2.05) is 12.1 Å². The number of nitrogens with one attached hydrogen (secondary N) is 1. The third kappa shape index (κ3) is 5.38. The van der Waals surface area contributed by atoms with Crippen LogP contribution in [0, 0.1) is 0 Å². The van der Waals surface area contributed by atoms with Gasteiger partial charge in [-0.15, -0.1) is 0 Å². The van der Waals surface area contributed by atoms with E-state index in [9.17, 15) is 0 Å². The minimum atomic E-state index is 0.447. The molecule has 1 N–H and O–H groups in total. The van der Waals surface area contributed by atoms with Crippen LogP contribution in [0.2, 0.25) is 0 Å². The molecular weight excluding hydrogens is 310 g/mol. The fourth-order valence-electron chi connectivity index (χ4n) is 1.56. The Morgan fingerprint density at radius 2 is 1.95 bits per heavy atom. The highest BCUT2D eigenvalue weighted by molar-refractivity contribution is 9.10. The molecule has 0 aliphatic rings. The Kier molecular flexibility index (Phi) is 7.20. The smallest absolute Gasteiger partial charge is 0.175 e. The molecule has 0 fully saturated rings. The van der Waals surface area contributed by atoms with E-state index in [2.05, 4.69) is 35.1 Å². The number of ether oxygens (including phenoxy) is 3. The van der Waals surface area contributed by atoms with Crippen molar-refractivity contribution in [2.45, 2.75) is 26.4 Å². The van der Waals surface area contributed by atoms with Crippen molar-refractivity contribution in [3.8, 4) is 11.5 Å². The Morgan fingerprint density at radius 3 is 2.53 bits per heavy atom. The summed E-state index contributed by atoms with van der Waals surface area (Å²) in [4.78, 5) is 0. The summed E-state index contributed by atoms with van der Waals surface area (Å²) in [6, 6.07) is 4.48. The number of halogens is 1. The van der Waals surface area contributed by atoms with Gasteiger partial charge in [0.15, 0.2) is 11.5 Å². The van der Waals surface area contributed by atoms with E-state index >= 15 is 0 Å². The molecule has 108 valence electrons. The fourth-order valence-corrected chi connectivity index (χ4v) is 2.17. The quantitative estimate of drug-likeness (QED) is 0.743. The average molecular weight is 332 g/mol. The summed E-state index contributed by atoms with van der Waals surface area (Å²) in [5.74, 6) is 1.44. The van der Waals surface area contributed by atoms with Crippen molar-refractivity contribution in [2.75, 3.05) is 27.4 Å². The molecule has 0 spiro atoms. The van der Waals surface area contributed by atoms with Gasteiger partial charge in [0.25, 0.3) is 0 Å². The number of hydrogen-bond donors (Lipinski definition) is 1. The highest BCUT2D eigenvalue weighted by atomic mass is 79.9.